The van der Waals surface area contributed by atoms with Crippen molar-refractivity contribution in [3.63, 3.8) is 0 Å². The van der Waals surface area contributed by atoms with Crippen molar-refractivity contribution in [2.45, 2.75) is 13.3 Å². The first-order valence-electron chi connectivity index (χ1n) is 7.45. The second-order valence-corrected chi connectivity index (χ2v) is 5.39. The zero-order valence-corrected chi connectivity index (χ0v) is 12.8. The third-order valence-electron chi connectivity index (χ3n) is 3.68. The van der Waals surface area contributed by atoms with Gasteiger partial charge in [0.1, 0.15) is 0 Å². The zero-order chi connectivity index (χ0) is 15.9. The molecule has 1 aromatic carbocycles. The predicted molar refractivity (Wildman–Crippen MR) is 83.0 cm³/mol. The molecule has 0 radical (unpaired) electrons. The molecule has 1 N–H and O–H groups in total. The van der Waals surface area contributed by atoms with Crippen molar-refractivity contribution in [1.82, 2.24) is 4.90 Å². The summed E-state index contributed by atoms with van der Waals surface area (Å²) >= 11 is 0. The van der Waals surface area contributed by atoms with Crippen molar-refractivity contribution in [2.24, 2.45) is 0 Å². The molecule has 0 spiro atoms. The molecule has 22 heavy (non-hydrogen) atoms. The third-order valence-corrected chi connectivity index (χ3v) is 3.68. The second-order valence-electron chi connectivity index (χ2n) is 5.39. The molecular formula is C16H22N2O4. The number of ether oxygens (including phenoxy) is 1. The Morgan fingerprint density at radius 2 is 1.86 bits per heavy atom. The number of anilines is 1. The van der Waals surface area contributed by atoms with Gasteiger partial charge in [-0.15, -0.1) is 0 Å². The normalized spacial score (nSPS) is 14.7. The molecule has 1 saturated heterocycles. The number of carboxylic acids is 1. The van der Waals surface area contributed by atoms with E-state index in [0.717, 1.165) is 11.3 Å². The van der Waals surface area contributed by atoms with Gasteiger partial charge in [-0.2, -0.15) is 0 Å². The number of carbonyl (C=O) groups excluding carboxylic acids is 1. The monoisotopic (exact) mass is 306 g/mol. The van der Waals surface area contributed by atoms with Gasteiger partial charge in [0.2, 0.25) is 5.91 Å². The molecule has 1 amide bonds. The summed E-state index contributed by atoms with van der Waals surface area (Å²) in [6, 6.07) is 7.76. The molecule has 2 rings (SSSR count). The molecule has 1 heterocycles. The average molecular weight is 306 g/mol. The van der Waals surface area contributed by atoms with Crippen LogP contribution in [0, 0.1) is 6.92 Å². The van der Waals surface area contributed by atoms with Crippen LogP contribution in [0.2, 0.25) is 0 Å². The van der Waals surface area contributed by atoms with E-state index < -0.39 is 5.97 Å². The highest BCUT2D eigenvalue weighted by molar-refractivity contribution is 5.82. The lowest BCUT2D eigenvalue weighted by atomic mass is 10.2. The van der Waals surface area contributed by atoms with E-state index in [1.807, 2.05) is 36.1 Å². The number of rotatable bonds is 6. The predicted octanol–water partition coefficient (Wildman–Crippen LogP) is 1.13. The summed E-state index contributed by atoms with van der Waals surface area (Å²) in [5.74, 6) is -0.856. The Kier molecular flexibility index (Phi) is 5.77. The number of carboxylic acid groups (broad SMARTS) is 1. The highest BCUT2D eigenvalue weighted by Gasteiger charge is 2.20. The van der Waals surface area contributed by atoms with Crippen molar-refractivity contribution in [1.29, 1.82) is 0 Å². The molecule has 0 unspecified atom stereocenters. The molecule has 1 aromatic rings. The van der Waals surface area contributed by atoms with Crippen LogP contribution < -0.4 is 4.90 Å². The molecule has 1 aliphatic heterocycles. The number of morpholine rings is 1. The summed E-state index contributed by atoms with van der Waals surface area (Å²) < 4.78 is 5.25. The summed E-state index contributed by atoms with van der Waals surface area (Å²) in [5, 5.41) is 8.90. The van der Waals surface area contributed by atoms with Crippen LogP contribution in [0.25, 0.3) is 0 Å². The minimum absolute atomic E-state index is 0.00423. The van der Waals surface area contributed by atoms with Gasteiger partial charge in [-0.1, -0.05) is 17.7 Å². The van der Waals surface area contributed by atoms with Gasteiger partial charge >= 0.3 is 5.97 Å². The molecule has 0 saturated carbocycles. The number of nitrogens with zero attached hydrogens (tertiary/aromatic N) is 2. The van der Waals surface area contributed by atoms with Crippen molar-refractivity contribution in [3.8, 4) is 0 Å². The maximum absolute atomic E-state index is 12.4. The van der Waals surface area contributed by atoms with Crippen LogP contribution in [0.4, 0.5) is 5.69 Å². The number of aliphatic carboxylic acids is 1. The largest absolute Gasteiger partial charge is 0.481 e. The van der Waals surface area contributed by atoms with Gasteiger partial charge in [-0.05, 0) is 19.1 Å². The lowest BCUT2D eigenvalue weighted by Crippen LogP contribution is -2.46. The molecular weight excluding hydrogens is 284 g/mol. The topological polar surface area (TPSA) is 70.1 Å². The third kappa shape index (κ3) is 4.73. The molecule has 6 nitrogen and oxygen atoms in total. The zero-order valence-electron chi connectivity index (χ0n) is 12.8. The summed E-state index contributed by atoms with van der Waals surface area (Å²) in [5.41, 5.74) is 2.00. The van der Waals surface area contributed by atoms with Crippen LogP contribution in [0.3, 0.4) is 0 Å². The van der Waals surface area contributed by atoms with Crippen LogP contribution >= 0.6 is 0 Å². The molecule has 1 aliphatic rings. The van der Waals surface area contributed by atoms with E-state index in [1.54, 1.807) is 4.90 Å². The van der Waals surface area contributed by atoms with E-state index in [0.29, 0.717) is 32.8 Å². The van der Waals surface area contributed by atoms with Crippen molar-refractivity contribution in [3.05, 3.63) is 29.8 Å². The highest BCUT2D eigenvalue weighted by Crippen LogP contribution is 2.16. The van der Waals surface area contributed by atoms with E-state index in [2.05, 4.69) is 0 Å². The average Bonchev–Trinajstić information content (AvgIpc) is 2.53. The first-order valence-corrected chi connectivity index (χ1v) is 7.45. The number of aryl methyl sites for hydroxylation is 1. The van der Waals surface area contributed by atoms with Gasteiger partial charge in [0.05, 0.1) is 26.2 Å². The van der Waals surface area contributed by atoms with Crippen LogP contribution in [-0.2, 0) is 14.3 Å². The maximum atomic E-state index is 12.4. The lowest BCUT2D eigenvalue weighted by Gasteiger charge is -2.30. The minimum Gasteiger partial charge on any atom is -0.481 e. The molecule has 120 valence electrons. The van der Waals surface area contributed by atoms with Crippen molar-refractivity contribution >= 4 is 17.6 Å². The molecule has 0 atom stereocenters. The Bertz CT molecular complexity index is 509. The summed E-state index contributed by atoms with van der Waals surface area (Å²) in [7, 11) is 0. The van der Waals surface area contributed by atoms with Gasteiger partial charge in [0.25, 0.3) is 0 Å². The van der Waals surface area contributed by atoms with Gasteiger partial charge in [-0.25, -0.2) is 0 Å². The number of hydrogen-bond acceptors (Lipinski definition) is 4. The Morgan fingerprint density at radius 1 is 1.23 bits per heavy atom. The smallest absolute Gasteiger partial charge is 0.305 e. The molecule has 0 bridgehead atoms. The fourth-order valence-corrected chi connectivity index (χ4v) is 2.36. The number of carbonyl (C=O) groups is 2. The van der Waals surface area contributed by atoms with E-state index in [1.165, 1.54) is 0 Å². The van der Waals surface area contributed by atoms with E-state index in [-0.39, 0.29) is 18.9 Å². The van der Waals surface area contributed by atoms with Gasteiger partial charge < -0.3 is 19.6 Å². The first-order chi connectivity index (χ1) is 10.6. The quantitative estimate of drug-likeness (QED) is 0.853. The van der Waals surface area contributed by atoms with E-state index in [4.69, 9.17) is 9.84 Å². The Labute approximate surface area is 130 Å². The molecule has 1 fully saturated rings. The fraction of sp³-hybridized carbons (Fsp3) is 0.500. The second kappa shape index (κ2) is 7.79. The van der Waals surface area contributed by atoms with Crippen LogP contribution in [0.1, 0.15) is 12.0 Å². The standard InChI is InChI=1S/C16H22N2O4/c1-13-2-4-14(5-3-13)18(7-6-16(20)21)12-15(19)17-8-10-22-11-9-17/h2-5H,6-12H2,1H3,(H,20,21). The SMILES string of the molecule is Cc1ccc(N(CCC(=O)O)CC(=O)N2CCOCC2)cc1. The minimum atomic E-state index is -0.865. The lowest BCUT2D eigenvalue weighted by molar-refractivity contribution is -0.137. The van der Waals surface area contributed by atoms with Crippen LogP contribution in [0.5, 0.6) is 0 Å². The number of benzene rings is 1. The summed E-state index contributed by atoms with van der Waals surface area (Å²) in [6.07, 6.45) is 0.00423. The summed E-state index contributed by atoms with van der Waals surface area (Å²) in [6.45, 7) is 4.81. The maximum Gasteiger partial charge on any atom is 0.305 e. The Balaban J connectivity index is 2.04. The Morgan fingerprint density at radius 3 is 2.45 bits per heavy atom. The first kappa shape index (κ1) is 16.3. The van der Waals surface area contributed by atoms with Crippen LogP contribution in [-0.4, -0.2) is 61.3 Å². The number of hydrogen-bond donors (Lipinski definition) is 1. The van der Waals surface area contributed by atoms with Gasteiger partial charge in [0.15, 0.2) is 0 Å². The van der Waals surface area contributed by atoms with Gasteiger partial charge in [0, 0.05) is 25.3 Å². The van der Waals surface area contributed by atoms with E-state index in [9.17, 15) is 9.59 Å². The fourth-order valence-electron chi connectivity index (χ4n) is 2.36. The van der Waals surface area contributed by atoms with Crippen LogP contribution in [0.15, 0.2) is 24.3 Å². The van der Waals surface area contributed by atoms with Crippen molar-refractivity contribution < 1.29 is 19.4 Å². The van der Waals surface area contributed by atoms with E-state index >= 15 is 0 Å². The van der Waals surface area contributed by atoms with Crippen molar-refractivity contribution in [2.75, 3.05) is 44.3 Å². The Hall–Kier alpha value is -2.08. The molecule has 6 heteroatoms. The molecule has 0 aromatic heterocycles. The molecule has 0 aliphatic carbocycles. The number of amides is 1. The van der Waals surface area contributed by atoms with Gasteiger partial charge in [-0.3, -0.25) is 9.59 Å². The summed E-state index contributed by atoms with van der Waals surface area (Å²) in [4.78, 5) is 26.8. The highest BCUT2D eigenvalue weighted by atomic mass is 16.5.